The second kappa shape index (κ2) is 48.3. The molecule has 0 aromatic rings. The van der Waals surface area contributed by atoms with E-state index in [1.807, 2.05) is 0 Å². The lowest BCUT2D eigenvalue weighted by Gasteiger charge is -2.40. The number of carboxylic acids is 1. The van der Waals surface area contributed by atoms with E-state index in [0.717, 1.165) is 103 Å². The highest BCUT2D eigenvalue weighted by molar-refractivity contribution is 5.74. The minimum Gasteiger partial charge on any atom is -0.479 e. The highest BCUT2D eigenvalue weighted by Gasteiger charge is 2.50. The van der Waals surface area contributed by atoms with E-state index in [1.165, 1.54) is 32.1 Å². The third-order valence-corrected chi connectivity index (χ3v) is 11.8. The minimum atomic E-state index is -1.92. The summed E-state index contributed by atoms with van der Waals surface area (Å²) in [7, 11) is 0. The molecular weight excluding hydrogens is 925 g/mol. The van der Waals surface area contributed by atoms with E-state index in [2.05, 4.69) is 130 Å². The topological polar surface area (TPSA) is 175 Å². The van der Waals surface area contributed by atoms with Crippen molar-refractivity contribution >= 4 is 23.9 Å². The largest absolute Gasteiger partial charge is 0.479 e. The zero-order valence-electron chi connectivity index (χ0n) is 45.1. The van der Waals surface area contributed by atoms with E-state index in [1.54, 1.807) is 0 Å². The molecule has 1 aliphatic heterocycles. The van der Waals surface area contributed by atoms with Crippen molar-refractivity contribution in [3.63, 3.8) is 0 Å². The number of unbranched alkanes of at least 4 members (excludes halogenated alkanes) is 13. The summed E-state index contributed by atoms with van der Waals surface area (Å²) in [4.78, 5) is 50.9. The number of rotatable bonds is 45. The summed E-state index contributed by atoms with van der Waals surface area (Å²) < 4.78 is 28.2. The van der Waals surface area contributed by atoms with Crippen LogP contribution in [0.3, 0.4) is 0 Å². The van der Waals surface area contributed by atoms with Gasteiger partial charge in [0, 0.05) is 19.3 Å². The Morgan fingerprint density at radius 1 is 0.466 bits per heavy atom. The SMILES string of the molecule is CC/C=C\C/C=C\C/C=C\C/C=C\C/C=C\CCCCCC(=O)OCC(COC1OC(C(=O)O)C(O)C(O)C1OC(=O)CCCC/C=C\C/C=C\C/C=C\C/C=C\CC)OC(=O)CCCCCCCCCCC. The van der Waals surface area contributed by atoms with Gasteiger partial charge in [-0.2, -0.15) is 0 Å². The maximum Gasteiger partial charge on any atom is 0.335 e. The molecule has 0 aromatic heterocycles. The highest BCUT2D eigenvalue weighted by Crippen LogP contribution is 2.26. The maximum absolute atomic E-state index is 13.0. The first-order valence-corrected chi connectivity index (χ1v) is 27.9. The van der Waals surface area contributed by atoms with Crippen LogP contribution >= 0.6 is 0 Å². The van der Waals surface area contributed by atoms with Gasteiger partial charge in [0.1, 0.15) is 18.8 Å². The van der Waals surface area contributed by atoms with Crippen LogP contribution in [0.5, 0.6) is 0 Å². The Morgan fingerprint density at radius 3 is 1.34 bits per heavy atom. The summed E-state index contributed by atoms with van der Waals surface area (Å²) >= 11 is 0. The summed E-state index contributed by atoms with van der Waals surface area (Å²) in [6.45, 7) is 5.66. The number of hydrogen-bond acceptors (Lipinski definition) is 11. The number of ether oxygens (including phenoxy) is 5. The van der Waals surface area contributed by atoms with E-state index in [0.29, 0.717) is 25.7 Å². The fourth-order valence-electron chi connectivity index (χ4n) is 7.62. The number of carbonyl (C=O) groups excluding carboxylic acids is 3. The van der Waals surface area contributed by atoms with Crippen LogP contribution in [-0.4, -0.2) is 89.2 Å². The third-order valence-electron chi connectivity index (χ3n) is 11.8. The molecule has 0 bridgehead atoms. The number of aliphatic carboxylic acids is 1. The molecule has 6 atom stereocenters. The summed E-state index contributed by atoms with van der Waals surface area (Å²) in [6.07, 6.45) is 52.2. The quantitative estimate of drug-likeness (QED) is 0.0228. The molecule has 6 unspecified atom stereocenters. The standard InChI is InChI=1S/C61H96O12/c1-4-7-10-13-16-19-21-23-25-26-27-28-30-31-33-36-38-41-44-47-53(62)69-50-52(71-54(63)48-45-42-39-35-18-15-12-9-6-3)51-70-61-59(57(66)56(65)58(73-61)60(67)68)72-55(64)49-46-43-40-37-34-32-29-24-22-20-17-14-11-8-5-2/h7-8,10-11,16-17,19-20,23-25,27-29,31,33-34,37,52,56-59,61,65-66H,4-6,9,12-15,18,21-22,26,30,32,35-36,38-51H2,1-3H3,(H,67,68)/b10-7-,11-8-,19-16-,20-17-,25-23-,28-27-,29-24-,33-31-,37-34-. The average molecular weight is 1020 g/mol. The van der Waals surface area contributed by atoms with Crippen LogP contribution in [0.25, 0.3) is 0 Å². The smallest absolute Gasteiger partial charge is 0.335 e. The molecule has 1 saturated heterocycles. The number of allylic oxidation sites excluding steroid dienone is 18. The lowest BCUT2D eigenvalue weighted by atomic mass is 9.98. The molecule has 0 radical (unpaired) electrons. The molecule has 1 fully saturated rings. The fourth-order valence-corrected chi connectivity index (χ4v) is 7.62. The average Bonchev–Trinajstić information content (AvgIpc) is 3.37. The molecule has 0 amide bonds. The van der Waals surface area contributed by atoms with Gasteiger partial charge < -0.3 is 39.0 Å². The first-order chi connectivity index (χ1) is 35.6. The number of carboxylic acid groups (broad SMARTS) is 1. The molecule has 0 saturated carbocycles. The van der Waals surface area contributed by atoms with E-state index in [-0.39, 0.29) is 25.9 Å². The Bertz CT molecular complexity index is 1690. The Morgan fingerprint density at radius 2 is 0.863 bits per heavy atom. The van der Waals surface area contributed by atoms with Crippen molar-refractivity contribution < 1.29 is 58.2 Å². The van der Waals surface area contributed by atoms with Crippen LogP contribution in [-0.2, 0) is 42.9 Å². The zero-order chi connectivity index (χ0) is 53.3. The van der Waals surface area contributed by atoms with Crippen molar-refractivity contribution in [2.45, 2.75) is 237 Å². The van der Waals surface area contributed by atoms with Crippen LogP contribution in [0.4, 0.5) is 0 Å². The van der Waals surface area contributed by atoms with Crippen molar-refractivity contribution in [3.05, 3.63) is 109 Å². The van der Waals surface area contributed by atoms with Crippen LogP contribution in [0.1, 0.15) is 201 Å². The van der Waals surface area contributed by atoms with E-state index in [4.69, 9.17) is 23.7 Å². The van der Waals surface area contributed by atoms with Gasteiger partial charge in [-0.1, -0.05) is 188 Å². The fraction of sp³-hybridized carbons (Fsp3) is 0.639. The number of aliphatic hydroxyl groups excluding tert-OH is 2. The maximum atomic E-state index is 13.0. The van der Waals surface area contributed by atoms with Crippen molar-refractivity contribution in [1.29, 1.82) is 0 Å². The molecule has 3 N–H and O–H groups in total. The van der Waals surface area contributed by atoms with Crippen molar-refractivity contribution in [1.82, 2.24) is 0 Å². The van der Waals surface area contributed by atoms with Gasteiger partial charge in [0.25, 0.3) is 0 Å². The molecule has 12 heteroatoms. The van der Waals surface area contributed by atoms with Gasteiger partial charge >= 0.3 is 23.9 Å². The normalized spacial score (nSPS) is 19.2. The molecule has 73 heavy (non-hydrogen) atoms. The van der Waals surface area contributed by atoms with Crippen molar-refractivity contribution in [3.8, 4) is 0 Å². The summed E-state index contributed by atoms with van der Waals surface area (Å²) in [5.41, 5.74) is 0. The summed E-state index contributed by atoms with van der Waals surface area (Å²) in [5, 5.41) is 31.4. The second-order valence-electron chi connectivity index (χ2n) is 18.5. The zero-order valence-corrected chi connectivity index (χ0v) is 45.1. The van der Waals surface area contributed by atoms with Crippen LogP contribution in [0.2, 0.25) is 0 Å². The molecule has 412 valence electrons. The molecular formula is C61H96O12. The van der Waals surface area contributed by atoms with Gasteiger partial charge in [-0.3, -0.25) is 14.4 Å². The van der Waals surface area contributed by atoms with E-state index >= 15 is 0 Å². The number of hydrogen-bond donors (Lipinski definition) is 3. The van der Waals surface area contributed by atoms with Crippen LogP contribution < -0.4 is 0 Å². The Labute approximate surface area is 440 Å². The van der Waals surface area contributed by atoms with Crippen LogP contribution in [0.15, 0.2) is 109 Å². The third kappa shape index (κ3) is 38.6. The molecule has 0 spiro atoms. The highest BCUT2D eigenvalue weighted by atomic mass is 16.7. The predicted octanol–water partition coefficient (Wildman–Crippen LogP) is 13.9. The summed E-state index contributed by atoms with van der Waals surface area (Å²) in [5.74, 6) is -3.24. The number of aliphatic hydroxyl groups is 2. The Kier molecular flexibility index (Phi) is 44.0. The van der Waals surface area contributed by atoms with Gasteiger partial charge in [0.15, 0.2) is 24.6 Å². The molecule has 0 aromatic carbocycles. The van der Waals surface area contributed by atoms with Gasteiger partial charge in [0.05, 0.1) is 6.61 Å². The first-order valence-electron chi connectivity index (χ1n) is 27.9. The lowest BCUT2D eigenvalue weighted by molar-refractivity contribution is -0.301. The van der Waals surface area contributed by atoms with Crippen molar-refractivity contribution in [2.75, 3.05) is 13.2 Å². The Balaban J connectivity index is 2.72. The van der Waals surface area contributed by atoms with Gasteiger partial charge in [-0.05, 0) is 103 Å². The van der Waals surface area contributed by atoms with Gasteiger partial charge in [-0.25, -0.2) is 4.79 Å². The van der Waals surface area contributed by atoms with Crippen LogP contribution in [0, 0.1) is 0 Å². The first kappa shape index (κ1) is 66.4. The van der Waals surface area contributed by atoms with Gasteiger partial charge in [-0.15, -0.1) is 0 Å². The monoisotopic (exact) mass is 1020 g/mol. The molecule has 0 aliphatic carbocycles. The molecule has 12 nitrogen and oxygen atoms in total. The second-order valence-corrected chi connectivity index (χ2v) is 18.5. The Hall–Kier alpha value is -4.62. The predicted molar refractivity (Wildman–Crippen MR) is 294 cm³/mol. The number of carbonyl (C=O) groups is 4. The number of esters is 3. The summed E-state index contributed by atoms with van der Waals surface area (Å²) in [6, 6.07) is 0. The van der Waals surface area contributed by atoms with E-state index in [9.17, 15) is 34.5 Å². The molecule has 1 heterocycles. The van der Waals surface area contributed by atoms with Gasteiger partial charge in [0.2, 0.25) is 0 Å². The lowest BCUT2D eigenvalue weighted by Crippen LogP contribution is -2.61. The van der Waals surface area contributed by atoms with Crippen molar-refractivity contribution in [2.24, 2.45) is 0 Å². The minimum absolute atomic E-state index is 0.000342. The van der Waals surface area contributed by atoms with E-state index < -0.39 is 67.3 Å². The molecule has 1 rings (SSSR count). The molecule has 1 aliphatic rings.